The van der Waals surface area contributed by atoms with Crippen LogP contribution >= 0.6 is 15.9 Å². The summed E-state index contributed by atoms with van der Waals surface area (Å²) < 4.78 is 7.52. The van der Waals surface area contributed by atoms with Gasteiger partial charge in [-0.25, -0.2) is 0 Å². The number of halogens is 1. The van der Waals surface area contributed by atoms with Crippen molar-refractivity contribution in [2.24, 2.45) is 0 Å². The Bertz CT molecular complexity index is 924. The summed E-state index contributed by atoms with van der Waals surface area (Å²) in [5.41, 5.74) is -0.297. The van der Waals surface area contributed by atoms with Crippen molar-refractivity contribution in [1.29, 1.82) is 5.26 Å². The molecule has 6 nitrogen and oxygen atoms in total. The van der Waals surface area contributed by atoms with Crippen LogP contribution < -0.4 is 5.56 Å². The first-order valence-corrected chi connectivity index (χ1v) is 8.58. The number of aromatic nitrogens is 1. The maximum Gasteiger partial charge on any atom is 0.268 e. The van der Waals surface area contributed by atoms with Crippen molar-refractivity contribution in [2.75, 3.05) is 6.61 Å². The topological polar surface area (TPSA) is 92.3 Å². The molecule has 2 aromatic rings. The van der Waals surface area contributed by atoms with Crippen LogP contribution in [-0.4, -0.2) is 28.2 Å². The molecule has 3 rings (SSSR count). The molecule has 1 saturated heterocycles. The number of hydrogen-bond acceptors (Lipinski definition) is 5. The molecule has 1 atom stereocenters. The fraction of sp³-hybridized carbons (Fsp3) is 0.278. The third kappa shape index (κ3) is 3.65. The maximum absolute atomic E-state index is 12.8. The highest BCUT2D eigenvalue weighted by molar-refractivity contribution is 9.10. The van der Waals surface area contributed by atoms with E-state index in [-0.39, 0.29) is 28.5 Å². The molecule has 1 aliphatic rings. The molecule has 0 spiro atoms. The Morgan fingerprint density at radius 2 is 2.24 bits per heavy atom. The average molecular weight is 403 g/mol. The van der Waals surface area contributed by atoms with Gasteiger partial charge in [0.25, 0.3) is 5.56 Å². The number of ether oxygens (including phenoxy) is 1. The maximum atomic E-state index is 12.8. The van der Waals surface area contributed by atoms with E-state index in [1.54, 1.807) is 6.07 Å². The van der Waals surface area contributed by atoms with E-state index in [0.29, 0.717) is 17.6 Å². The number of pyridine rings is 1. The van der Waals surface area contributed by atoms with E-state index < -0.39 is 11.3 Å². The molecule has 7 heteroatoms. The number of aromatic hydroxyl groups is 1. The van der Waals surface area contributed by atoms with Gasteiger partial charge < -0.3 is 14.4 Å². The van der Waals surface area contributed by atoms with Crippen molar-refractivity contribution >= 4 is 21.7 Å². The smallest absolute Gasteiger partial charge is 0.268 e. The van der Waals surface area contributed by atoms with Crippen LogP contribution in [0.1, 0.15) is 34.3 Å². The molecule has 0 amide bonds. The second-order valence-electron chi connectivity index (χ2n) is 5.84. The molecule has 1 aromatic carbocycles. The fourth-order valence-electron chi connectivity index (χ4n) is 2.83. The molecule has 0 aliphatic carbocycles. The second-order valence-corrected chi connectivity index (χ2v) is 6.75. The zero-order valence-corrected chi connectivity index (χ0v) is 14.8. The number of ketones is 1. The summed E-state index contributed by atoms with van der Waals surface area (Å²) in [7, 11) is 0. The molecule has 1 N–H and O–H groups in total. The molecule has 1 aliphatic heterocycles. The van der Waals surface area contributed by atoms with Crippen molar-refractivity contribution in [3.8, 4) is 11.8 Å². The van der Waals surface area contributed by atoms with Crippen LogP contribution in [0.4, 0.5) is 0 Å². The standard InChI is InChI=1S/C18H15BrN2O4/c19-13-3-4-16(22)15(7-13)17(23)12-6-11(8-20)18(24)21(9-12)10-14-2-1-5-25-14/h3-4,6-7,9,14,22H,1-2,5,10H2/t14-/m0/s1. The third-order valence-corrected chi connectivity index (χ3v) is 4.59. The van der Waals surface area contributed by atoms with E-state index in [1.807, 2.05) is 6.07 Å². The number of phenolic OH excluding ortho intramolecular Hbond substituents is 1. The van der Waals surface area contributed by atoms with Gasteiger partial charge in [-0.2, -0.15) is 5.26 Å². The first-order chi connectivity index (χ1) is 12.0. The van der Waals surface area contributed by atoms with E-state index in [1.165, 1.54) is 29.0 Å². The van der Waals surface area contributed by atoms with Gasteiger partial charge >= 0.3 is 0 Å². The predicted octanol–water partition coefficient (Wildman–Crippen LogP) is 2.60. The number of carbonyl (C=O) groups is 1. The lowest BCUT2D eigenvalue weighted by Gasteiger charge is -2.13. The minimum absolute atomic E-state index is 0.0978. The molecule has 128 valence electrons. The highest BCUT2D eigenvalue weighted by Gasteiger charge is 2.21. The Morgan fingerprint density at radius 1 is 1.44 bits per heavy atom. The van der Waals surface area contributed by atoms with Gasteiger partial charge in [-0.05, 0) is 37.1 Å². The lowest BCUT2D eigenvalue weighted by molar-refractivity contribution is 0.0955. The molecule has 2 heterocycles. The largest absolute Gasteiger partial charge is 0.507 e. The summed E-state index contributed by atoms with van der Waals surface area (Å²) >= 11 is 3.26. The van der Waals surface area contributed by atoms with Crippen molar-refractivity contribution in [3.05, 3.63) is 62.0 Å². The first kappa shape index (κ1) is 17.4. The number of nitrogens with zero attached hydrogens (tertiary/aromatic N) is 2. The Labute approximate surface area is 152 Å². The second kappa shape index (κ2) is 7.21. The van der Waals surface area contributed by atoms with Gasteiger partial charge in [0.15, 0.2) is 5.78 Å². The Balaban J connectivity index is 2.03. The monoisotopic (exact) mass is 402 g/mol. The molecule has 0 radical (unpaired) electrons. The number of carbonyl (C=O) groups excluding carboxylic acids is 1. The fourth-order valence-corrected chi connectivity index (χ4v) is 3.19. The van der Waals surface area contributed by atoms with Gasteiger partial charge in [-0.3, -0.25) is 9.59 Å². The molecule has 0 unspecified atom stereocenters. The zero-order chi connectivity index (χ0) is 18.0. The van der Waals surface area contributed by atoms with E-state index >= 15 is 0 Å². The van der Waals surface area contributed by atoms with Gasteiger partial charge in [-0.15, -0.1) is 0 Å². The van der Waals surface area contributed by atoms with Crippen LogP contribution in [0.2, 0.25) is 0 Å². The van der Waals surface area contributed by atoms with E-state index in [0.717, 1.165) is 12.8 Å². The number of benzene rings is 1. The van der Waals surface area contributed by atoms with E-state index in [9.17, 15) is 20.0 Å². The Kier molecular flexibility index (Phi) is 5.02. The average Bonchev–Trinajstić information content (AvgIpc) is 3.11. The number of rotatable bonds is 4. The van der Waals surface area contributed by atoms with Gasteiger partial charge in [0.2, 0.25) is 0 Å². The van der Waals surface area contributed by atoms with Crippen LogP contribution in [0, 0.1) is 11.3 Å². The van der Waals surface area contributed by atoms with Crippen LogP contribution in [0.3, 0.4) is 0 Å². The third-order valence-electron chi connectivity index (χ3n) is 4.10. The lowest BCUT2D eigenvalue weighted by atomic mass is 10.0. The minimum Gasteiger partial charge on any atom is -0.507 e. The number of phenols is 1. The summed E-state index contributed by atoms with van der Waals surface area (Å²) in [6.07, 6.45) is 3.08. The highest BCUT2D eigenvalue weighted by atomic mass is 79.9. The Hall–Kier alpha value is -2.43. The van der Waals surface area contributed by atoms with Crippen LogP contribution in [-0.2, 0) is 11.3 Å². The predicted molar refractivity (Wildman–Crippen MR) is 93.6 cm³/mol. The van der Waals surface area contributed by atoms with E-state index in [4.69, 9.17) is 4.74 Å². The Morgan fingerprint density at radius 3 is 2.92 bits per heavy atom. The van der Waals surface area contributed by atoms with Gasteiger partial charge in [0.1, 0.15) is 17.4 Å². The van der Waals surface area contributed by atoms with Gasteiger partial charge in [-0.1, -0.05) is 15.9 Å². The normalized spacial score (nSPS) is 16.6. The molecule has 0 bridgehead atoms. The molecule has 1 fully saturated rings. The molecule has 25 heavy (non-hydrogen) atoms. The molecular formula is C18H15BrN2O4. The molecule has 1 aromatic heterocycles. The van der Waals surface area contributed by atoms with Crippen LogP contribution in [0.5, 0.6) is 5.75 Å². The van der Waals surface area contributed by atoms with Crippen LogP contribution in [0.25, 0.3) is 0 Å². The van der Waals surface area contributed by atoms with Gasteiger partial charge in [0, 0.05) is 22.8 Å². The van der Waals surface area contributed by atoms with Crippen molar-refractivity contribution in [3.63, 3.8) is 0 Å². The summed E-state index contributed by atoms with van der Waals surface area (Å²) in [6, 6.07) is 7.62. The number of hydrogen-bond donors (Lipinski definition) is 1. The molecular weight excluding hydrogens is 388 g/mol. The summed E-state index contributed by atoms with van der Waals surface area (Å²) in [5.74, 6) is -0.625. The van der Waals surface area contributed by atoms with Crippen molar-refractivity contribution in [2.45, 2.75) is 25.5 Å². The van der Waals surface area contributed by atoms with Crippen molar-refractivity contribution < 1.29 is 14.6 Å². The highest BCUT2D eigenvalue weighted by Crippen LogP contribution is 2.24. The summed E-state index contributed by atoms with van der Waals surface area (Å²) in [4.78, 5) is 25.1. The number of nitriles is 1. The SMILES string of the molecule is N#Cc1cc(C(=O)c2cc(Br)ccc2O)cn(C[C@@H]2CCCO2)c1=O. The van der Waals surface area contributed by atoms with E-state index in [2.05, 4.69) is 15.9 Å². The first-order valence-electron chi connectivity index (χ1n) is 7.79. The summed E-state index contributed by atoms with van der Waals surface area (Å²) in [5, 5.41) is 19.2. The zero-order valence-electron chi connectivity index (χ0n) is 13.2. The van der Waals surface area contributed by atoms with Crippen molar-refractivity contribution in [1.82, 2.24) is 4.57 Å². The van der Waals surface area contributed by atoms with Crippen LogP contribution in [0.15, 0.2) is 39.7 Å². The quantitative estimate of drug-likeness (QED) is 0.793. The van der Waals surface area contributed by atoms with Gasteiger partial charge in [0.05, 0.1) is 18.2 Å². The lowest BCUT2D eigenvalue weighted by Crippen LogP contribution is -2.28. The minimum atomic E-state index is -0.462. The summed E-state index contributed by atoms with van der Waals surface area (Å²) in [6.45, 7) is 0.939. The molecule has 0 saturated carbocycles.